The molecule has 0 spiro atoms. The largest absolute Gasteiger partial charge is 0.322 e. The van der Waals surface area contributed by atoms with Gasteiger partial charge in [0.05, 0.1) is 0 Å². The average Bonchev–Trinajstić information content (AvgIpc) is 3.16. The summed E-state index contributed by atoms with van der Waals surface area (Å²) in [6.45, 7) is 0.675. The van der Waals surface area contributed by atoms with Gasteiger partial charge in [-0.05, 0) is 61.3 Å². The molecule has 0 radical (unpaired) electrons. The van der Waals surface area contributed by atoms with E-state index in [2.05, 4.69) is 22.8 Å². The Morgan fingerprint density at radius 1 is 1.00 bits per heavy atom. The monoisotopic (exact) mass is 405 g/mol. The van der Waals surface area contributed by atoms with Crippen LogP contribution in [0.3, 0.4) is 0 Å². The van der Waals surface area contributed by atoms with E-state index in [-0.39, 0.29) is 17.9 Å². The number of benzene rings is 2. The highest BCUT2D eigenvalue weighted by molar-refractivity contribution is 6.04. The first-order chi connectivity index (χ1) is 14.6. The van der Waals surface area contributed by atoms with Crippen molar-refractivity contribution in [3.8, 4) is 0 Å². The Hall–Kier alpha value is -2.66. The van der Waals surface area contributed by atoms with E-state index in [1.807, 2.05) is 43.4 Å². The zero-order chi connectivity index (χ0) is 20.9. The van der Waals surface area contributed by atoms with Gasteiger partial charge in [-0.15, -0.1) is 0 Å². The van der Waals surface area contributed by atoms with Crippen LogP contribution in [0.4, 0.5) is 11.4 Å². The Morgan fingerprint density at radius 2 is 1.70 bits per heavy atom. The first-order valence-electron chi connectivity index (χ1n) is 11.1. The van der Waals surface area contributed by atoms with Gasteiger partial charge in [-0.2, -0.15) is 0 Å². The maximum atomic E-state index is 12.6. The summed E-state index contributed by atoms with van der Waals surface area (Å²) < 4.78 is 0. The Morgan fingerprint density at radius 3 is 2.33 bits per heavy atom. The highest BCUT2D eigenvalue weighted by Gasteiger charge is 2.29. The second-order valence-corrected chi connectivity index (χ2v) is 8.60. The number of hydrogen-bond acceptors (Lipinski definition) is 3. The van der Waals surface area contributed by atoms with Crippen molar-refractivity contribution >= 4 is 23.2 Å². The van der Waals surface area contributed by atoms with Crippen LogP contribution in [0.25, 0.3) is 0 Å². The first kappa shape index (κ1) is 20.6. The predicted molar refractivity (Wildman–Crippen MR) is 121 cm³/mol. The van der Waals surface area contributed by atoms with Crippen molar-refractivity contribution in [2.75, 3.05) is 23.8 Å². The summed E-state index contributed by atoms with van der Waals surface area (Å²) in [5.41, 5.74) is 3.57. The summed E-state index contributed by atoms with van der Waals surface area (Å²) in [5, 5.41) is 6.11. The first-order valence-corrected chi connectivity index (χ1v) is 11.1. The highest BCUT2D eigenvalue weighted by atomic mass is 16.2. The van der Waals surface area contributed by atoms with Crippen LogP contribution in [0.2, 0.25) is 0 Å². The molecule has 0 aromatic heterocycles. The lowest BCUT2D eigenvalue weighted by atomic mass is 9.85. The second kappa shape index (κ2) is 9.43. The van der Waals surface area contributed by atoms with E-state index in [1.165, 1.54) is 37.7 Å². The van der Waals surface area contributed by atoms with Gasteiger partial charge in [0.1, 0.15) is 0 Å². The average molecular weight is 406 g/mol. The Bertz CT molecular complexity index is 870. The van der Waals surface area contributed by atoms with Crippen LogP contribution < -0.4 is 15.5 Å². The fourth-order valence-corrected chi connectivity index (χ4v) is 4.60. The minimum Gasteiger partial charge on any atom is -0.322 e. The molecule has 4 rings (SSSR count). The second-order valence-electron chi connectivity index (χ2n) is 8.60. The highest BCUT2D eigenvalue weighted by Crippen LogP contribution is 2.27. The maximum Gasteiger partial charge on any atom is 0.255 e. The van der Waals surface area contributed by atoms with Crippen molar-refractivity contribution in [3.63, 3.8) is 0 Å². The molecule has 1 unspecified atom stereocenters. The van der Waals surface area contributed by atoms with Gasteiger partial charge < -0.3 is 15.5 Å². The van der Waals surface area contributed by atoms with Crippen LogP contribution in [0.15, 0.2) is 48.5 Å². The van der Waals surface area contributed by atoms with E-state index < -0.39 is 0 Å². The van der Waals surface area contributed by atoms with Gasteiger partial charge >= 0.3 is 0 Å². The van der Waals surface area contributed by atoms with Crippen molar-refractivity contribution in [3.05, 3.63) is 59.7 Å². The van der Waals surface area contributed by atoms with E-state index in [0.717, 1.165) is 23.7 Å². The molecule has 1 heterocycles. The fourth-order valence-electron chi connectivity index (χ4n) is 4.60. The number of nitrogens with one attached hydrogen (secondary N) is 2. The zero-order valence-corrected chi connectivity index (χ0v) is 17.7. The topological polar surface area (TPSA) is 61.4 Å². The molecule has 2 fully saturated rings. The number of carbonyl (C=O) groups is 2. The van der Waals surface area contributed by atoms with Crippen LogP contribution in [0.1, 0.15) is 54.4 Å². The molecule has 1 aliphatic carbocycles. The van der Waals surface area contributed by atoms with Crippen LogP contribution in [0, 0.1) is 5.92 Å². The zero-order valence-electron chi connectivity index (χ0n) is 17.7. The summed E-state index contributed by atoms with van der Waals surface area (Å²) >= 11 is 0. The van der Waals surface area contributed by atoms with Crippen molar-refractivity contribution in [1.29, 1.82) is 0 Å². The smallest absolute Gasteiger partial charge is 0.255 e. The summed E-state index contributed by atoms with van der Waals surface area (Å²) in [5.74, 6) is 0.807. The normalized spacial score (nSPS) is 19.8. The number of anilines is 2. The van der Waals surface area contributed by atoms with E-state index >= 15 is 0 Å². The summed E-state index contributed by atoms with van der Waals surface area (Å²) in [4.78, 5) is 26.6. The van der Waals surface area contributed by atoms with Gasteiger partial charge in [0.15, 0.2) is 0 Å². The molecule has 5 nitrogen and oxygen atoms in total. The summed E-state index contributed by atoms with van der Waals surface area (Å²) in [7, 11) is 1.88. The lowest BCUT2D eigenvalue weighted by Crippen LogP contribution is -2.30. The molecule has 2 amide bonds. The number of nitrogens with zero attached hydrogens (tertiary/aromatic N) is 1. The van der Waals surface area contributed by atoms with Crippen LogP contribution >= 0.6 is 0 Å². The fraction of sp³-hybridized carbons (Fsp3) is 0.440. The number of rotatable bonds is 6. The Kier molecular flexibility index (Phi) is 6.48. The molecule has 2 aliphatic rings. The third kappa shape index (κ3) is 4.90. The molecule has 158 valence electrons. The summed E-state index contributed by atoms with van der Waals surface area (Å²) in [6.07, 6.45) is 8.38. The van der Waals surface area contributed by atoms with Crippen molar-refractivity contribution in [2.24, 2.45) is 5.92 Å². The molecule has 2 aromatic carbocycles. The van der Waals surface area contributed by atoms with E-state index in [1.54, 1.807) is 4.90 Å². The van der Waals surface area contributed by atoms with Gasteiger partial charge in [-0.3, -0.25) is 9.59 Å². The summed E-state index contributed by atoms with van der Waals surface area (Å²) in [6, 6.07) is 15.7. The molecule has 1 aliphatic heterocycles. The van der Waals surface area contributed by atoms with E-state index in [0.29, 0.717) is 18.5 Å². The third-order valence-corrected chi connectivity index (χ3v) is 6.44. The molecule has 2 aromatic rings. The van der Waals surface area contributed by atoms with Crippen LogP contribution in [-0.2, 0) is 11.2 Å². The number of carbonyl (C=O) groups excluding carboxylic acids is 2. The predicted octanol–water partition coefficient (Wildman–Crippen LogP) is 4.39. The van der Waals surface area contributed by atoms with E-state index in [4.69, 9.17) is 0 Å². The Labute approximate surface area is 178 Å². The van der Waals surface area contributed by atoms with Gasteiger partial charge in [0.2, 0.25) is 5.91 Å². The van der Waals surface area contributed by atoms with Gasteiger partial charge in [0.25, 0.3) is 5.91 Å². The maximum absolute atomic E-state index is 12.6. The van der Waals surface area contributed by atoms with Gasteiger partial charge in [-0.1, -0.05) is 44.2 Å². The van der Waals surface area contributed by atoms with Gasteiger partial charge in [-0.25, -0.2) is 0 Å². The molecular weight excluding hydrogens is 374 g/mol. The van der Waals surface area contributed by atoms with Gasteiger partial charge in [0, 0.05) is 35.9 Å². The third-order valence-electron chi connectivity index (χ3n) is 6.44. The molecular formula is C25H31N3O2. The molecule has 1 saturated heterocycles. The number of amides is 2. The van der Waals surface area contributed by atoms with E-state index in [9.17, 15) is 9.59 Å². The van der Waals surface area contributed by atoms with Crippen molar-refractivity contribution in [1.82, 2.24) is 5.32 Å². The molecule has 5 heteroatoms. The minimum absolute atomic E-state index is 0.112. The molecule has 1 atom stereocenters. The standard InChI is InChI=1S/C25H31N3O2/c1-26-22-16-24(29)28(17-22)23-13-11-21(12-14-23)27-25(30)20-9-7-19(8-10-20)15-18-5-3-2-4-6-18/h7-14,18,22,26H,2-6,15-17H2,1H3,(H,27,30). The number of hydrogen-bond donors (Lipinski definition) is 2. The molecule has 30 heavy (non-hydrogen) atoms. The minimum atomic E-state index is -0.112. The molecule has 2 N–H and O–H groups in total. The van der Waals surface area contributed by atoms with Crippen molar-refractivity contribution < 1.29 is 9.59 Å². The van der Waals surface area contributed by atoms with Crippen LogP contribution in [0.5, 0.6) is 0 Å². The van der Waals surface area contributed by atoms with Crippen molar-refractivity contribution in [2.45, 2.75) is 51.0 Å². The molecule has 1 saturated carbocycles. The lowest BCUT2D eigenvalue weighted by molar-refractivity contribution is -0.117. The number of likely N-dealkylation sites (N-methyl/N-ethyl adjacent to an activating group) is 1. The lowest BCUT2D eigenvalue weighted by Gasteiger charge is -2.21. The quantitative estimate of drug-likeness (QED) is 0.749. The van der Waals surface area contributed by atoms with Crippen LogP contribution in [-0.4, -0.2) is 31.4 Å². The SMILES string of the molecule is CNC1CC(=O)N(c2ccc(NC(=O)c3ccc(CC4CCCCC4)cc3)cc2)C1. The molecule has 0 bridgehead atoms. The Balaban J connectivity index is 1.34.